The Labute approximate surface area is 142 Å². The molecule has 25 heavy (non-hydrogen) atoms. The van der Waals surface area contributed by atoms with E-state index in [1.807, 2.05) is 0 Å². The van der Waals surface area contributed by atoms with Crippen LogP contribution >= 0.6 is 0 Å². The van der Waals surface area contributed by atoms with Gasteiger partial charge in [0, 0.05) is 13.0 Å². The first kappa shape index (κ1) is 17.5. The molecule has 0 saturated carbocycles. The summed E-state index contributed by atoms with van der Waals surface area (Å²) in [6, 6.07) is 0. The third kappa shape index (κ3) is 3.39. The SMILES string of the molecule is NC(=O)CCCNc1ncnc2c1ncn2C1OC(CO)C(O)C1O. The minimum atomic E-state index is -1.23. The number of ether oxygens (including phenoxy) is 1. The zero-order valence-electron chi connectivity index (χ0n) is 13.3. The van der Waals surface area contributed by atoms with Gasteiger partial charge in [-0.05, 0) is 6.42 Å². The summed E-state index contributed by atoms with van der Waals surface area (Å²) in [5.74, 6) is 0.100. The molecule has 0 spiro atoms. The van der Waals surface area contributed by atoms with Crippen molar-refractivity contribution in [2.75, 3.05) is 18.5 Å². The highest BCUT2D eigenvalue weighted by Crippen LogP contribution is 2.31. The van der Waals surface area contributed by atoms with Crippen molar-refractivity contribution in [1.29, 1.82) is 0 Å². The van der Waals surface area contributed by atoms with Crippen LogP contribution in [0, 0.1) is 0 Å². The first-order valence-corrected chi connectivity index (χ1v) is 7.85. The van der Waals surface area contributed by atoms with Gasteiger partial charge in [0.25, 0.3) is 0 Å². The largest absolute Gasteiger partial charge is 0.394 e. The number of aromatic nitrogens is 4. The van der Waals surface area contributed by atoms with E-state index in [2.05, 4.69) is 20.3 Å². The standard InChI is InChI=1S/C14H20N6O5/c15-8(22)2-1-3-16-12-9-13(18-5-17-12)20(6-19-9)14-11(24)10(23)7(4-21)25-14/h5-7,10-11,14,21,23-24H,1-4H2,(H2,15,22)(H,16,17,18). The maximum Gasteiger partial charge on any atom is 0.217 e. The molecule has 3 rings (SSSR count). The molecule has 1 fully saturated rings. The first-order chi connectivity index (χ1) is 12.0. The third-order valence-electron chi connectivity index (χ3n) is 4.04. The summed E-state index contributed by atoms with van der Waals surface area (Å²) in [6.45, 7) is 0.0682. The second kappa shape index (κ2) is 7.27. The molecule has 6 N–H and O–H groups in total. The summed E-state index contributed by atoms with van der Waals surface area (Å²) in [4.78, 5) is 23.3. The number of hydrogen-bond donors (Lipinski definition) is 5. The number of fused-ring (bicyclic) bond motifs is 1. The number of carbonyl (C=O) groups excluding carboxylic acids is 1. The smallest absolute Gasteiger partial charge is 0.217 e. The van der Waals surface area contributed by atoms with Gasteiger partial charge in [-0.15, -0.1) is 0 Å². The van der Waals surface area contributed by atoms with Crippen molar-refractivity contribution < 1.29 is 24.9 Å². The predicted octanol–water partition coefficient (Wildman–Crippen LogP) is -1.88. The average molecular weight is 352 g/mol. The van der Waals surface area contributed by atoms with Gasteiger partial charge in [0.1, 0.15) is 24.6 Å². The van der Waals surface area contributed by atoms with Crippen molar-refractivity contribution in [3.8, 4) is 0 Å². The summed E-state index contributed by atoms with van der Waals surface area (Å²) in [5, 5.41) is 32.3. The Morgan fingerprint density at radius 2 is 2.12 bits per heavy atom. The van der Waals surface area contributed by atoms with Crippen molar-refractivity contribution in [1.82, 2.24) is 19.5 Å². The van der Waals surface area contributed by atoms with E-state index in [-0.39, 0.29) is 12.3 Å². The number of carbonyl (C=O) groups is 1. The number of rotatable bonds is 7. The van der Waals surface area contributed by atoms with Crippen molar-refractivity contribution in [3.05, 3.63) is 12.7 Å². The fraction of sp³-hybridized carbons (Fsp3) is 0.571. The normalized spacial score (nSPS) is 26.2. The average Bonchev–Trinajstić information content (AvgIpc) is 3.14. The number of anilines is 1. The molecule has 0 aliphatic carbocycles. The lowest BCUT2D eigenvalue weighted by molar-refractivity contribution is -0.118. The molecule has 0 aromatic carbocycles. The number of primary amides is 1. The molecule has 2 aromatic heterocycles. The van der Waals surface area contributed by atoms with Gasteiger partial charge in [0.2, 0.25) is 5.91 Å². The zero-order valence-corrected chi connectivity index (χ0v) is 13.3. The maximum absolute atomic E-state index is 10.8. The Balaban J connectivity index is 1.80. The van der Waals surface area contributed by atoms with E-state index < -0.39 is 31.1 Å². The topological polar surface area (TPSA) is 169 Å². The van der Waals surface area contributed by atoms with Gasteiger partial charge < -0.3 is 31.1 Å². The van der Waals surface area contributed by atoms with Gasteiger partial charge in [-0.25, -0.2) is 15.0 Å². The molecule has 4 unspecified atom stereocenters. The van der Waals surface area contributed by atoms with Crippen LogP contribution in [0.1, 0.15) is 19.1 Å². The molecular formula is C14H20N6O5. The Morgan fingerprint density at radius 1 is 1.32 bits per heavy atom. The Kier molecular flexibility index (Phi) is 5.08. The molecule has 1 aliphatic rings. The second-order valence-corrected chi connectivity index (χ2v) is 5.77. The molecule has 4 atom stereocenters. The van der Waals surface area contributed by atoms with E-state index >= 15 is 0 Å². The Bertz CT molecular complexity index is 752. The van der Waals surface area contributed by atoms with E-state index in [9.17, 15) is 20.1 Å². The summed E-state index contributed by atoms with van der Waals surface area (Å²) in [5.41, 5.74) is 5.96. The summed E-state index contributed by atoms with van der Waals surface area (Å²) >= 11 is 0. The number of aliphatic hydroxyl groups is 3. The highest BCUT2D eigenvalue weighted by Gasteiger charge is 2.44. The lowest BCUT2D eigenvalue weighted by Gasteiger charge is -2.16. The van der Waals surface area contributed by atoms with Crippen LogP contribution in [-0.2, 0) is 9.53 Å². The summed E-state index contributed by atoms with van der Waals surface area (Å²) < 4.78 is 6.97. The van der Waals surface area contributed by atoms with Crippen LogP contribution in [0.2, 0.25) is 0 Å². The molecule has 1 aliphatic heterocycles. The van der Waals surface area contributed by atoms with Crippen molar-refractivity contribution in [3.63, 3.8) is 0 Å². The van der Waals surface area contributed by atoms with Gasteiger partial charge in [-0.2, -0.15) is 0 Å². The molecule has 136 valence electrons. The number of nitrogens with zero attached hydrogens (tertiary/aromatic N) is 4. The Hall–Kier alpha value is -2.34. The minimum Gasteiger partial charge on any atom is -0.394 e. The molecule has 2 aromatic rings. The second-order valence-electron chi connectivity index (χ2n) is 5.77. The highest BCUT2D eigenvalue weighted by molar-refractivity contribution is 5.82. The fourth-order valence-corrected chi connectivity index (χ4v) is 2.75. The first-order valence-electron chi connectivity index (χ1n) is 7.85. The number of hydrogen-bond acceptors (Lipinski definition) is 9. The van der Waals surface area contributed by atoms with Gasteiger partial charge in [0.05, 0.1) is 12.9 Å². The van der Waals surface area contributed by atoms with Crippen molar-refractivity contribution in [2.24, 2.45) is 5.73 Å². The van der Waals surface area contributed by atoms with Gasteiger partial charge in [-0.3, -0.25) is 9.36 Å². The molecule has 11 heteroatoms. The third-order valence-corrected chi connectivity index (χ3v) is 4.04. The fourth-order valence-electron chi connectivity index (χ4n) is 2.75. The molecule has 1 saturated heterocycles. The van der Waals surface area contributed by atoms with E-state index in [1.165, 1.54) is 17.2 Å². The molecule has 0 radical (unpaired) electrons. The van der Waals surface area contributed by atoms with Gasteiger partial charge >= 0.3 is 0 Å². The van der Waals surface area contributed by atoms with E-state index in [4.69, 9.17) is 10.5 Å². The van der Waals surface area contributed by atoms with E-state index in [0.717, 1.165) is 0 Å². The number of nitrogens with two attached hydrogens (primary N) is 1. The number of imidazole rings is 1. The number of nitrogens with one attached hydrogen (secondary N) is 1. The Morgan fingerprint density at radius 3 is 2.80 bits per heavy atom. The van der Waals surface area contributed by atoms with Gasteiger partial charge in [0.15, 0.2) is 23.2 Å². The lowest BCUT2D eigenvalue weighted by Crippen LogP contribution is -2.33. The molecular weight excluding hydrogens is 332 g/mol. The predicted molar refractivity (Wildman–Crippen MR) is 85.3 cm³/mol. The summed E-state index contributed by atoms with van der Waals surface area (Å²) in [6.07, 6.45) is -0.668. The number of aliphatic hydroxyl groups excluding tert-OH is 3. The van der Waals surface area contributed by atoms with E-state index in [1.54, 1.807) is 0 Å². The van der Waals surface area contributed by atoms with Crippen LogP contribution in [0.4, 0.5) is 5.82 Å². The quantitative estimate of drug-likeness (QED) is 0.358. The van der Waals surface area contributed by atoms with Crippen molar-refractivity contribution >= 4 is 22.9 Å². The van der Waals surface area contributed by atoms with Crippen LogP contribution in [0.3, 0.4) is 0 Å². The summed E-state index contributed by atoms with van der Waals surface area (Å²) in [7, 11) is 0. The van der Waals surface area contributed by atoms with Crippen LogP contribution in [0.5, 0.6) is 0 Å². The van der Waals surface area contributed by atoms with Crippen LogP contribution < -0.4 is 11.1 Å². The highest BCUT2D eigenvalue weighted by atomic mass is 16.6. The van der Waals surface area contributed by atoms with Crippen LogP contribution in [0.25, 0.3) is 11.2 Å². The minimum absolute atomic E-state index is 0.262. The zero-order chi connectivity index (χ0) is 18.0. The number of amides is 1. The molecule has 11 nitrogen and oxygen atoms in total. The molecule has 0 bridgehead atoms. The van der Waals surface area contributed by atoms with Crippen LogP contribution in [0.15, 0.2) is 12.7 Å². The molecule has 1 amide bonds. The monoisotopic (exact) mass is 352 g/mol. The van der Waals surface area contributed by atoms with Gasteiger partial charge in [-0.1, -0.05) is 0 Å². The molecule has 3 heterocycles. The van der Waals surface area contributed by atoms with E-state index in [0.29, 0.717) is 29.9 Å². The van der Waals surface area contributed by atoms with Crippen molar-refractivity contribution in [2.45, 2.75) is 37.4 Å². The van der Waals surface area contributed by atoms with Crippen LogP contribution in [-0.4, -0.2) is 72.2 Å². The maximum atomic E-state index is 10.8. The lowest BCUT2D eigenvalue weighted by atomic mass is 10.1.